The van der Waals surface area contributed by atoms with E-state index < -0.39 is 0 Å². The molecule has 0 heterocycles. The van der Waals surface area contributed by atoms with E-state index in [0.717, 1.165) is 32.4 Å². The number of nitrogens with one attached hydrogen (secondary N) is 1. The zero-order valence-corrected chi connectivity index (χ0v) is 8.92. The van der Waals surface area contributed by atoms with Gasteiger partial charge in [0, 0.05) is 6.54 Å². The van der Waals surface area contributed by atoms with Gasteiger partial charge >= 0.3 is 0 Å². The lowest BCUT2D eigenvalue weighted by Crippen LogP contribution is -2.28. The molecule has 1 unspecified atom stereocenters. The third-order valence-electron chi connectivity index (χ3n) is 1.89. The van der Waals surface area contributed by atoms with Gasteiger partial charge in [0.05, 0.1) is 6.10 Å². The normalized spacial score (nSPS) is 13.2. The van der Waals surface area contributed by atoms with E-state index in [0.29, 0.717) is 5.92 Å². The smallest absolute Gasteiger partial charge is 0.0667 e. The fourth-order valence-electron chi connectivity index (χ4n) is 1.27. The summed E-state index contributed by atoms with van der Waals surface area (Å²) < 4.78 is 0. The van der Waals surface area contributed by atoms with Crippen LogP contribution in [-0.4, -0.2) is 24.3 Å². The SMILES string of the molecule is C=CCCCNCC(O)CC(C)C. The van der Waals surface area contributed by atoms with Crippen LogP contribution < -0.4 is 5.32 Å². The minimum atomic E-state index is -0.191. The van der Waals surface area contributed by atoms with Gasteiger partial charge < -0.3 is 10.4 Å². The second-order valence-electron chi connectivity index (χ2n) is 3.92. The molecule has 0 bridgehead atoms. The molecule has 2 heteroatoms. The number of aliphatic hydroxyl groups excluding tert-OH is 1. The molecule has 0 aliphatic carbocycles. The molecule has 13 heavy (non-hydrogen) atoms. The van der Waals surface area contributed by atoms with Gasteiger partial charge in [-0.1, -0.05) is 19.9 Å². The van der Waals surface area contributed by atoms with Crippen molar-refractivity contribution in [1.29, 1.82) is 0 Å². The van der Waals surface area contributed by atoms with E-state index in [1.54, 1.807) is 0 Å². The predicted molar refractivity (Wildman–Crippen MR) is 57.8 cm³/mol. The molecule has 2 nitrogen and oxygen atoms in total. The first-order valence-electron chi connectivity index (χ1n) is 5.16. The maximum absolute atomic E-state index is 9.49. The molecular weight excluding hydrogens is 162 g/mol. The van der Waals surface area contributed by atoms with Crippen LogP contribution in [0.2, 0.25) is 0 Å². The van der Waals surface area contributed by atoms with Crippen LogP contribution in [0.3, 0.4) is 0 Å². The highest BCUT2D eigenvalue weighted by atomic mass is 16.3. The van der Waals surface area contributed by atoms with E-state index in [2.05, 4.69) is 25.7 Å². The Balaban J connectivity index is 3.16. The molecule has 0 aromatic carbocycles. The zero-order chi connectivity index (χ0) is 10.1. The molecule has 0 amide bonds. The topological polar surface area (TPSA) is 32.3 Å². The van der Waals surface area contributed by atoms with Gasteiger partial charge in [-0.2, -0.15) is 0 Å². The summed E-state index contributed by atoms with van der Waals surface area (Å²) in [6.07, 6.45) is 4.77. The van der Waals surface area contributed by atoms with Crippen molar-refractivity contribution in [2.75, 3.05) is 13.1 Å². The van der Waals surface area contributed by atoms with Gasteiger partial charge in [-0.05, 0) is 31.7 Å². The first kappa shape index (κ1) is 12.7. The summed E-state index contributed by atoms with van der Waals surface area (Å²) in [5, 5.41) is 12.7. The van der Waals surface area contributed by atoms with Crippen molar-refractivity contribution in [2.45, 2.75) is 39.2 Å². The number of unbranched alkanes of at least 4 members (excludes halogenated alkanes) is 1. The molecular formula is C11H23NO. The van der Waals surface area contributed by atoms with Crippen LogP contribution in [-0.2, 0) is 0 Å². The third-order valence-corrected chi connectivity index (χ3v) is 1.89. The van der Waals surface area contributed by atoms with E-state index in [1.165, 1.54) is 0 Å². The third kappa shape index (κ3) is 9.57. The lowest BCUT2D eigenvalue weighted by molar-refractivity contribution is 0.146. The molecule has 0 rings (SSSR count). The number of allylic oxidation sites excluding steroid dienone is 1. The maximum atomic E-state index is 9.49. The lowest BCUT2D eigenvalue weighted by atomic mass is 10.1. The van der Waals surface area contributed by atoms with Crippen LogP contribution in [0.1, 0.15) is 33.1 Å². The molecule has 0 aliphatic rings. The monoisotopic (exact) mass is 185 g/mol. The summed E-state index contributed by atoms with van der Waals surface area (Å²) in [6, 6.07) is 0. The number of aliphatic hydroxyl groups is 1. The molecule has 78 valence electrons. The Bertz CT molecular complexity index is 123. The number of hydrogen-bond donors (Lipinski definition) is 2. The van der Waals surface area contributed by atoms with Crippen molar-refractivity contribution in [1.82, 2.24) is 5.32 Å². The Morgan fingerprint density at radius 1 is 1.46 bits per heavy atom. The molecule has 0 radical (unpaired) electrons. The Morgan fingerprint density at radius 2 is 2.15 bits per heavy atom. The summed E-state index contributed by atoms with van der Waals surface area (Å²) in [6.45, 7) is 9.60. The zero-order valence-electron chi connectivity index (χ0n) is 8.92. The van der Waals surface area contributed by atoms with Gasteiger partial charge in [0.25, 0.3) is 0 Å². The van der Waals surface area contributed by atoms with Crippen molar-refractivity contribution in [3.05, 3.63) is 12.7 Å². The molecule has 1 atom stereocenters. The first-order chi connectivity index (χ1) is 6.16. The molecule has 0 aromatic rings. The second kappa shape index (κ2) is 8.27. The highest BCUT2D eigenvalue weighted by Crippen LogP contribution is 2.03. The van der Waals surface area contributed by atoms with Crippen LogP contribution in [0.15, 0.2) is 12.7 Å². The fourth-order valence-corrected chi connectivity index (χ4v) is 1.27. The Morgan fingerprint density at radius 3 is 2.69 bits per heavy atom. The van der Waals surface area contributed by atoms with E-state index in [9.17, 15) is 5.11 Å². The fraction of sp³-hybridized carbons (Fsp3) is 0.818. The molecule has 0 fully saturated rings. The Kier molecular flexibility index (Phi) is 8.05. The van der Waals surface area contributed by atoms with Gasteiger partial charge in [-0.3, -0.25) is 0 Å². The molecule has 2 N–H and O–H groups in total. The first-order valence-corrected chi connectivity index (χ1v) is 5.16. The summed E-state index contributed by atoms with van der Waals surface area (Å²) in [5.74, 6) is 0.574. The van der Waals surface area contributed by atoms with Crippen LogP contribution >= 0.6 is 0 Å². The average Bonchev–Trinajstić information content (AvgIpc) is 2.02. The minimum Gasteiger partial charge on any atom is -0.392 e. The highest BCUT2D eigenvalue weighted by molar-refractivity contribution is 4.67. The van der Waals surface area contributed by atoms with Gasteiger partial charge in [-0.25, -0.2) is 0 Å². The number of rotatable bonds is 8. The van der Waals surface area contributed by atoms with Crippen molar-refractivity contribution in [3.63, 3.8) is 0 Å². The highest BCUT2D eigenvalue weighted by Gasteiger charge is 2.05. The van der Waals surface area contributed by atoms with Crippen LogP contribution in [0.5, 0.6) is 0 Å². The maximum Gasteiger partial charge on any atom is 0.0667 e. The summed E-state index contributed by atoms with van der Waals surface area (Å²) in [4.78, 5) is 0. The summed E-state index contributed by atoms with van der Waals surface area (Å²) in [7, 11) is 0. The van der Waals surface area contributed by atoms with Crippen LogP contribution in [0, 0.1) is 5.92 Å². The standard InChI is InChI=1S/C11H23NO/c1-4-5-6-7-12-9-11(13)8-10(2)3/h4,10-13H,1,5-9H2,2-3H3. The van der Waals surface area contributed by atoms with Gasteiger partial charge in [-0.15, -0.1) is 6.58 Å². The van der Waals surface area contributed by atoms with E-state index in [1.807, 2.05) is 6.08 Å². The molecule has 0 aromatic heterocycles. The average molecular weight is 185 g/mol. The van der Waals surface area contributed by atoms with Crippen molar-refractivity contribution >= 4 is 0 Å². The number of hydrogen-bond acceptors (Lipinski definition) is 2. The summed E-state index contributed by atoms with van der Waals surface area (Å²) in [5.41, 5.74) is 0. The van der Waals surface area contributed by atoms with Crippen LogP contribution in [0.25, 0.3) is 0 Å². The Labute approximate surface area is 82.0 Å². The Hall–Kier alpha value is -0.340. The lowest BCUT2D eigenvalue weighted by Gasteiger charge is -2.13. The van der Waals surface area contributed by atoms with Crippen molar-refractivity contribution < 1.29 is 5.11 Å². The molecule has 0 spiro atoms. The van der Waals surface area contributed by atoms with Crippen LogP contribution in [0.4, 0.5) is 0 Å². The van der Waals surface area contributed by atoms with Crippen molar-refractivity contribution in [3.8, 4) is 0 Å². The quantitative estimate of drug-likeness (QED) is 0.447. The predicted octanol–water partition coefficient (Wildman–Crippen LogP) is 1.95. The van der Waals surface area contributed by atoms with Gasteiger partial charge in [0.2, 0.25) is 0 Å². The largest absolute Gasteiger partial charge is 0.392 e. The summed E-state index contributed by atoms with van der Waals surface area (Å²) >= 11 is 0. The van der Waals surface area contributed by atoms with E-state index >= 15 is 0 Å². The molecule has 0 saturated heterocycles. The van der Waals surface area contributed by atoms with E-state index in [-0.39, 0.29) is 6.10 Å². The molecule has 0 saturated carbocycles. The van der Waals surface area contributed by atoms with E-state index in [4.69, 9.17) is 0 Å². The van der Waals surface area contributed by atoms with Gasteiger partial charge in [0.1, 0.15) is 0 Å². The van der Waals surface area contributed by atoms with Gasteiger partial charge in [0.15, 0.2) is 0 Å². The second-order valence-corrected chi connectivity index (χ2v) is 3.92. The molecule has 0 aliphatic heterocycles. The van der Waals surface area contributed by atoms with Crippen molar-refractivity contribution in [2.24, 2.45) is 5.92 Å². The minimum absolute atomic E-state index is 0.191.